The molecule has 1 aliphatic heterocycles. The van der Waals surface area contributed by atoms with Gasteiger partial charge in [0.15, 0.2) is 0 Å². The van der Waals surface area contributed by atoms with Crippen LogP contribution in [-0.2, 0) is 0 Å². The van der Waals surface area contributed by atoms with Gasteiger partial charge in [-0.1, -0.05) is 12.1 Å². The lowest BCUT2D eigenvalue weighted by molar-refractivity contribution is 0.505. The van der Waals surface area contributed by atoms with Gasteiger partial charge in [-0.3, -0.25) is 0 Å². The van der Waals surface area contributed by atoms with Crippen molar-refractivity contribution in [3.05, 3.63) is 60.8 Å². The van der Waals surface area contributed by atoms with Crippen molar-refractivity contribution in [3.8, 4) is 11.3 Å². The first-order valence-electron chi connectivity index (χ1n) is 9.93. The molecule has 2 heterocycles. The summed E-state index contributed by atoms with van der Waals surface area (Å²) in [6.45, 7) is 2.30. The van der Waals surface area contributed by atoms with Crippen molar-refractivity contribution in [2.24, 2.45) is 0 Å². The number of nitrogen functional groups attached to an aromatic ring is 1. The molecule has 1 aromatic heterocycles. The van der Waals surface area contributed by atoms with E-state index in [0.717, 1.165) is 35.7 Å². The highest BCUT2D eigenvalue weighted by molar-refractivity contribution is 5.64. The Morgan fingerprint density at radius 3 is 2.14 bits per heavy atom. The molecule has 1 saturated heterocycles. The summed E-state index contributed by atoms with van der Waals surface area (Å²) in [5.74, 6) is 0.586. The highest BCUT2D eigenvalue weighted by Crippen LogP contribution is 2.24. The molecule has 2 aromatic carbocycles. The maximum absolute atomic E-state index is 5.75. The van der Waals surface area contributed by atoms with Crippen LogP contribution in [0.5, 0.6) is 0 Å². The smallest absolute Gasteiger partial charge is 0.227 e. The van der Waals surface area contributed by atoms with Crippen LogP contribution in [0.3, 0.4) is 0 Å². The molecule has 29 heavy (non-hydrogen) atoms. The standard InChI is InChI=1S/C20H21N5.C3H9N/c21-16-5-3-15(4-6-16)19-11-12-22-20(24-19)23-17-7-9-18(10-8-17)25-13-1-2-14-25;1-4(2)3/h3-12H,1-2,13-14,21H2,(H,22,23,24);1-3H3. The zero-order valence-electron chi connectivity index (χ0n) is 17.5. The molecule has 6 nitrogen and oxygen atoms in total. The first-order valence-corrected chi connectivity index (χ1v) is 9.93. The van der Waals surface area contributed by atoms with Gasteiger partial charge in [0.2, 0.25) is 5.95 Å². The van der Waals surface area contributed by atoms with Gasteiger partial charge in [-0.25, -0.2) is 9.97 Å². The number of rotatable bonds is 4. The lowest BCUT2D eigenvalue weighted by atomic mass is 10.1. The van der Waals surface area contributed by atoms with Crippen molar-refractivity contribution < 1.29 is 0 Å². The minimum Gasteiger partial charge on any atom is -0.399 e. The van der Waals surface area contributed by atoms with Gasteiger partial charge in [0.1, 0.15) is 0 Å². The first-order chi connectivity index (χ1) is 14.0. The summed E-state index contributed by atoms with van der Waals surface area (Å²) < 4.78 is 0. The van der Waals surface area contributed by atoms with E-state index in [1.165, 1.54) is 18.5 Å². The fourth-order valence-corrected chi connectivity index (χ4v) is 3.09. The number of anilines is 4. The summed E-state index contributed by atoms with van der Waals surface area (Å²) in [6, 6.07) is 18.0. The van der Waals surface area contributed by atoms with Crippen LogP contribution in [0.25, 0.3) is 11.3 Å². The number of nitrogens with one attached hydrogen (secondary N) is 1. The van der Waals surface area contributed by atoms with Crippen molar-refractivity contribution in [1.82, 2.24) is 14.9 Å². The molecular weight excluding hydrogens is 360 g/mol. The van der Waals surface area contributed by atoms with Gasteiger partial charge in [0.05, 0.1) is 5.69 Å². The highest BCUT2D eigenvalue weighted by atomic mass is 15.1. The van der Waals surface area contributed by atoms with Crippen LogP contribution in [0.1, 0.15) is 12.8 Å². The fourth-order valence-electron chi connectivity index (χ4n) is 3.09. The van der Waals surface area contributed by atoms with Gasteiger partial charge in [-0.15, -0.1) is 0 Å². The zero-order chi connectivity index (χ0) is 20.6. The van der Waals surface area contributed by atoms with Gasteiger partial charge < -0.3 is 20.9 Å². The molecule has 0 spiro atoms. The number of benzene rings is 2. The van der Waals surface area contributed by atoms with Crippen molar-refractivity contribution in [2.45, 2.75) is 12.8 Å². The third-order valence-electron chi connectivity index (χ3n) is 4.46. The van der Waals surface area contributed by atoms with E-state index in [4.69, 9.17) is 5.73 Å². The molecule has 0 aliphatic carbocycles. The monoisotopic (exact) mass is 390 g/mol. The first kappa shape index (κ1) is 20.6. The van der Waals surface area contributed by atoms with Gasteiger partial charge in [-0.05, 0) is 76.4 Å². The molecule has 0 saturated carbocycles. The van der Waals surface area contributed by atoms with Crippen LogP contribution in [0.15, 0.2) is 60.8 Å². The lowest BCUT2D eigenvalue weighted by Gasteiger charge is -2.17. The second-order valence-electron chi connectivity index (χ2n) is 7.60. The van der Waals surface area contributed by atoms with Gasteiger partial charge in [0.25, 0.3) is 0 Å². The van der Waals surface area contributed by atoms with E-state index in [2.05, 4.69) is 44.5 Å². The predicted molar refractivity (Wildman–Crippen MR) is 123 cm³/mol. The molecule has 6 heteroatoms. The Balaban J connectivity index is 0.000000552. The Bertz CT molecular complexity index is 881. The molecule has 152 valence electrons. The van der Waals surface area contributed by atoms with Crippen molar-refractivity contribution in [3.63, 3.8) is 0 Å². The number of aromatic nitrogens is 2. The summed E-state index contributed by atoms with van der Waals surface area (Å²) in [6.07, 6.45) is 4.33. The number of hydrogen-bond acceptors (Lipinski definition) is 6. The van der Waals surface area contributed by atoms with Crippen molar-refractivity contribution in [1.29, 1.82) is 0 Å². The summed E-state index contributed by atoms with van der Waals surface area (Å²) in [4.78, 5) is 13.3. The Morgan fingerprint density at radius 1 is 0.897 bits per heavy atom. The maximum atomic E-state index is 5.75. The average Bonchev–Trinajstić information content (AvgIpc) is 3.24. The fraction of sp³-hybridized carbons (Fsp3) is 0.304. The van der Waals surface area contributed by atoms with Gasteiger partial charge >= 0.3 is 0 Å². The van der Waals surface area contributed by atoms with E-state index >= 15 is 0 Å². The molecule has 4 rings (SSSR count). The summed E-state index contributed by atoms with van der Waals surface area (Å²) in [5.41, 5.74) is 10.6. The normalized spacial score (nSPS) is 13.2. The second kappa shape index (κ2) is 9.89. The molecule has 0 bridgehead atoms. The molecule has 1 aliphatic rings. The van der Waals surface area contributed by atoms with Crippen molar-refractivity contribution in [2.75, 3.05) is 50.2 Å². The SMILES string of the molecule is CN(C)C.Nc1ccc(-c2ccnc(Nc3ccc(N4CCCC4)cc3)n2)cc1. The van der Waals surface area contributed by atoms with Crippen LogP contribution < -0.4 is 16.0 Å². The molecular formula is C23H30N6. The third kappa shape index (κ3) is 6.19. The van der Waals surface area contributed by atoms with Crippen LogP contribution in [0.4, 0.5) is 23.0 Å². The summed E-state index contributed by atoms with van der Waals surface area (Å²) in [5, 5.41) is 3.28. The topological polar surface area (TPSA) is 70.3 Å². The average molecular weight is 391 g/mol. The summed E-state index contributed by atoms with van der Waals surface area (Å²) >= 11 is 0. The highest BCUT2D eigenvalue weighted by Gasteiger charge is 2.12. The predicted octanol–water partition coefficient (Wildman–Crippen LogP) is 4.25. The summed E-state index contributed by atoms with van der Waals surface area (Å²) in [7, 11) is 6.00. The molecule has 0 radical (unpaired) electrons. The lowest BCUT2D eigenvalue weighted by Crippen LogP contribution is -2.17. The quantitative estimate of drug-likeness (QED) is 0.649. The minimum atomic E-state index is 0.586. The number of hydrogen-bond donors (Lipinski definition) is 2. The Morgan fingerprint density at radius 2 is 1.52 bits per heavy atom. The van der Waals surface area contributed by atoms with Crippen LogP contribution in [0, 0.1) is 0 Å². The molecule has 0 unspecified atom stereocenters. The Kier molecular flexibility index (Phi) is 7.03. The van der Waals surface area contributed by atoms with E-state index < -0.39 is 0 Å². The van der Waals surface area contributed by atoms with E-state index in [-0.39, 0.29) is 0 Å². The van der Waals surface area contributed by atoms with Gasteiger partial charge in [-0.2, -0.15) is 0 Å². The number of nitrogens with zero attached hydrogens (tertiary/aromatic N) is 4. The minimum absolute atomic E-state index is 0.586. The Hall–Kier alpha value is -3.12. The Labute approximate surface area is 173 Å². The number of nitrogens with two attached hydrogens (primary N) is 1. The van der Waals surface area contributed by atoms with Gasteiger partial charge in [0, 0.05) is 41.9 Å². The molecule has 0 amide bonds. The van der Waals surface area contributed by atoms with Crippen LogP contribution >= 0.6 is 0 Å². The largest absolute Gasteiger partial charge is 0.399 e. The zero-order valence-corrected chi connectivity index (χ0v) is 17.5. The second-order valence-corrected chi connectivity index (χ2v) is 7.60. The van der Waals surface area contributed by atoms with Crippen molar-refractivity contribution >= 4 is 23.0 Å². The van der Waals surface area contributed by atoms with Crippen LogP contribution in [0.2, 0.25) is 0 Å². The molecule has 0 atom stereocenters. The molecule has 1 fully saturated rings. The molecule has 3 N–H and O–H groups in total. The molecule has 3 aromatic rings. The maximum Gasteiger partial charge on any atom is 0.227 e. The van der Waals surface area contributed by atoms with Crippen LogP contribution in [-0.4, -0.2) is 49.1 Å². The third-order valence-corrected chi connectivity index (χ3v) is 4.46. The van der Waals surface area contributed by atoms with E-state index in [1.54, 1.807) is 6.20 Å². The van der Waals surface area contributed by atoms with E-state index in [9.17, 15) is 0 Å². The van der Waals surface area contributed by atoms with E-state index in [0.29, 0.717) is 5.95 Å². The van der Waals surface area contributed by atoms with E-state index in [1.807, 2.05) is 56.4 Å².